The first-order valence-electron chi connectivity index (χ1n) is 7.63. The maximum absolute atomic E-state index is 12.2. The second kappa shape index (κ2) is 7.99. The Bertz CT molecular complexity index is 484. The van der Waals surface area contributed by atoms with Crippen LogP contribution in [-0.4, -0.2) is 36.0 Å². The topological polar surface area (TPSA) is 32.3 Å². The molecule has 0 saturated carbocycles. The third-order valence-electron chi connectivity index (χ3n) is 3.74. The minimum Gasteiger partial charge on any atom is -0.351 e. The van der Waals surface area contributed by atoms with Crippen molar-refractivity contribution in [2.45, 2.75) is 46.7 Å². The van der Waals surface area contributed by atoms with E-state index in [0.29, 0.717) is 24.2 Å². The smallest absolute Gasteiger partial charge is 0.251 e. The summed E-state index contributed by atoms with van der Waals surface area (Å²) in [6, 6.07) is 6.67. The van der Waals surface area contributed by atoms with E-state index in [1.54, 1.807) is 6.08 Å². The van der Waals surface area contributed by atoms with E-state index >= 15 is 0 Å². The van der Waals surface area contributed by atoms with Crippen molar-refractivity contribution in [2.24, 2.45) is 0 Å². The van der Waals surface area contributed by atoms with Crippen LogP contribution in [0.3, 0.4) is 0 Å². The van der Waals surface area contributed by atoms with Crippen LogP contribution < -0.4 is 5.32 Å². The molecular weight excluding hydrogens is 260 g/mol. The van der Waals surface area contributed by atoms with Gasteiger partial charge in [-0.2, -0.15) is 0 Å². The lowest BCUT2D eigenvalue weighted by atomic mass is 10.0. The van der Waals surface area contributed by atoms with Crippen molar-refractivity contribution in [3.8, 4) is 0 Å². The summed E-state index contributed by atoms with van der Waals surface area (Å²) in [6.45, 7) is 16.0. The van der Waals surface area contributed by atoms with E-state index in [9.17, 15) is 4.79 Å². The Morgan fingerprint density at radius 2 is 1.90 bits per heavy atom. The van der Waals surface area contributed by atoms with Gasteiger partial charge in [-0.05, 0) is 57.9 Å². The molecule has 0 fully saturated rings. The zero-order chi connectivity index (χ0) is 16.0. The highest BCUT2D eigenvalue weighted by Crippen LogP contribution is 2.12. The summed E-state index contributed by atoms with van der Waals surface area (Å²) in [7, 11) is 0. The van der Waals surface area contributed by atoms with E-state index in [0.717, 1.165) is 17.7 Å². The Morgan fingerprint density at radius 1 is 1.29 bits per heavy atom. The second-order valence-corrected chi connectivity index (χ2v) is 5.96. The largest absolute Gasteiger partial charge is 0.351 e. The van der Waals surface area contributed by atoms with Crippen molar-refractivity contribution in [1.82, 2.24) is 10.2 Å². The number of amides is 1. The molecule has 1 rings (SSSR count). The van der Waals surface area contributed by atoms with Crippen LogP contribution in [0.5, 0.6) is 0 Å². The first-order chi connectivity index (χ1) is 9.86. The fraction of sp³-hybridized carbons (Fsp3) is 0.500. The lowest BCUT2D eigenvalue weighted by Gasteiger charge is -2.30. The highest BCUT2D eigenvalue weighted by molar-refractivity contribution is 5.94. The summed E-state index contributed by atoms with van der Waals surface area (Å²) in [6.07, 6.45) is 1.78. The molecule has 1 aromatic rings. The molecule has 0 bridgehead atoms. The van der Waals surface area contributed by atoms with E-state index in [4.69, 9.17) is 0 Å². The van der Waals surface area contributed by atoms with E-state index in [2.05, 4.69) is 44.5 Å². The number of rotatable bonds is 7. The van der Waals surface area contributed by atoms with Gasteiger partial charge < -0.3 is 5.32 Å². The lowest BCUT2D eigenvalue weighted by molar-refractivity contribution is 0.0939. The molecule has 0 aromatic heterocycles. The van der Waals surface area contributed by atoms with Gasteiger partial charge in [0.15, 0.2) is 0 Å². The molecule has 0 heterocycles. The molecule has 0 spiro atoms. The molecule has 0 unspecified atom stereocenters. The van der Waals surface area contributed by atoms with Gasteiger partial charge >= 0.3 is 0 Å². The third-order valence-corrected chi connectivity index (χ3v) is 3.74. The molecule has 0 aliphatic carbocycles. The van der Waals surface area contributed by atoms with Crippen molar-refractivity contribution in [3.63, 3.8) is 0 Å². The van der Waals surface area contributed by atoms with Crippen LogP contribution in [0.1, 0.15) is 49.2 Å². The Morgan fingerprint density at radius 3 is 2.43 bits per heavy atom. The maximum atomic E-state index is 12.2. The SMILES string of the molecule is C=Cc1cc(C(=O)NCCN(C(C)C)C(C)C)ccc1C. The van der Waals surface area contributed by atoms with Gasteiger partial charge in [-0.3, -0.25) is 9.69 Å². The molecule has 3 heteroatoms. The van der Waals surface area contributed by atoms with Crippen LogP contribution in [0.15, 0.2) is 24.8 Å². The molecule has 0 aliphatic rings. The molecule has 0 radical (unpaired) electrons. The fourth-order valence-electron chi connectivity index (χ4n) is 2.51. The highest BCUT2D eigenvalue weighted by atomic mass is 16.1. The predicted molar refractivity (Wildman–Crippen MR) is 90.6 cm³/mol. The van der Waals surface area contributed by atoms with Gasteiger partial charge in [-0.25, -0.2) is 0 Å². The van der Waals surface area contributed by atoms with Gasteiger partial charge in [-0.15, -0.1) is 0 Å². The van der Waals surface area contributed by atoms with Crippen molar-refractivity contribution >= 4 is 12.0 Å². The quantitative estimate of drug-likeness (QED) is 0.833. The molecule has 116 valence electrons. The zero-order valence-corrected chi connectivity index (χ0v) is 13.9. The normalized spacial score (nSPS) is 11.2. The fourth-order valence-corrected chi connectivity index (χ4v) is 2.51. The van der Waals surface area contributed by atoms with Crippen molar-refractivity contribution in [3.05, 3.63) is 41.5 Å². The Hall–Kier alpha value is -1.61. The Balaban J connectivity index is 2.60. The number of benzene rings is 1. The van der Waals surface area contributed by atoms with Crippen molar-refractivity contribution < 1.29 is 4.79 Å². The number of nitrogens with zero attached hydrogens (tertiary/aromatic N) is 1. The molecule has 21 heavy (non-hydrogen) atoms. The predicted octanol–water partition coefficient (Wildman–Crippen LogP) is 3.49. The van der Waals surface area contributed by atoms with Gasteiger partial charge in [0.05, 0.1) is 0 Å². The van der Waals surface area contributed by atoms with Gasteiger partial charge in [0.1, 0.15) is 0 Å². The Labute approximate surface area is 129 Å². The number of hydrogen-bond donors (Lipinski definition) is 1. The van der Waals surface area contributed by atoms with Crippen LogP contribution in [0.2, 0.25) is 0 Å². The summed E-state index contributed by atoms with van der Waals surface area (Å²) < 4.78 is 0. The molecular formula is C18H28N2O. The first kappa shape index (κ1) is 17.4. The van der Waals surface area contributed by atoms with Crippen molar-refractivity contribution in [2.75, 3.05) is 13.1 Å². The Kier molecular flexibility index (Phi) is 6.63. The number of carbonyl (C=O) groups is 1. The average Bonchev–Trinajstić information content (AvgIpc) is 2.42. The number of carbonyl (C=O) groups excluding carboxylic acids is 1. The van der Waals surface area contributed by atoms with E-state index in [1.807, 2.05) is 25.1 Å². The van der Waals surface area contributed by atoms with Gasteiger partial charge in [0.25, 0.3) is 5.91 Å². The third kappa shape index (κ3) is 5.01. The maximum Gasteiger partial charge on any atom is 0.251 e. The molecule has 0 saturated heterocycles. The minimum atomic E-state index is -0.0226. The molecule has 1 aromatic carbocycles. The minimum absolute atomic E-state index is 0.0226. The van der Waals surface area contributed by atoms with E-state index < -0.39 is 0 Å². The first-order valence-corrected chi connectivity index (χ1v) is 7.63. The van der Waals surface area contributed by atoms with Crippen LogP contribution >= 0.6 is 0 Å². The number of nitrogens with one attached hydrogen (secondary N) is 1. The van der Waals surface area contributed by atoms with Crippen LogP contribution in [-0.2, 0) is 0 Å². The standard InChI is InChI=1S/C18H28N2O/c1-7-16-12-17(9-8-15(16)6)18(21)19-10-11-20(13(2)3)14(4)5/h7-9,12-14H,1,10-11H2,2-6H3,(H,19,21). The van der Waals surface area contributed by atoms with Crippen molar-refractivity contribution in [1.29, 1.82) is 0 Å². The zero-order valence-electron chi connectivity index (χ0n) is 13.9. The van der Waals surface area contributed by atoms with Crippen LogP contribution in [0.25, 0.3) is 6.08 Å². The van der Waals surface area contributed by atoms with Gasteiger partial charge in [-0.1, -0.05) is 18.7 Å². The van der Waals surface area contributed by atoms with Crippen LogP contribution in [0, 0.1) is 6.92 Å². The molecule has 1 amide bonds. The molecule has 0 atom stereocenters. The number of hydrogen-bond acceptors (Lipinski definition) is 2. The summed E-state index contributed by atoms with van der Waals surface area (Å²) in [4.78, 5) is 14.5. The van der Waals surface area contributed by atoms with Crippen LogP contribution in [0.4, 0.5) is 0 Å². The molecule has 0 aliphatic heterocycles. The van der Waals surface area contributed by atoms with Gasteiger partial charge in [0, 0.05) is 30.7 Å². The summed E-state index contributed by atoms with van der Waals surface area (Å²) in [5, 5.41) is 3.00. The summed E-state index contributed by atoms with van der Waals surface area (Å²) in [5.74, 6) is -0.0226. The lowest BCUT2D eigenvalue weighted by Crippen LogP contribution is -2.42. The summed E-state index contributed by atoms with van der Waals surface area (Å²) in [5.41, 5.74) is 2.83. The summed E-state index contributed by atoms with van der Waals surface area (Å²) >= 11 is 0. The molecule has 3 nitrogen and oxygen atoms in total. The van der Waals surface area contributed by atoms with Gasteiger partial charge in [0.2, 0.25) is 0 Å². The van der Waals surface area contributed by atoms with E-state index in [1.165, 1.54) is 0 Å². The molecule has 1 N–H and O–H groups in total. The monoisotopic (exact) mass is 288 g/mol. The number of aryl methyl sites for hydroxylation is 1. The van der Waals surface area contributed by atoms with E-state index in [-0.39, 0.29) is 5.91 Å². The highest BCUT2D eigenvalue weighted by Gasteiger charge is 2.13. The second-order valence-electron chi connectivity index (χ2n) is 5.96. The average molecular weight is 288 g/mol.